The smallest absolute Gasteiger partial charge is 0.183 e. The zero-order valence-corrected chi connectivity index (χ0v) is 12.7. The minimum absolute atomic E-state index is 0.0888. The van der Waals surface area contributed by atoms with Crippen LogP contribution in [0.2, 0.25) is 5.02 Å². The van der Waals surface area contributed by atoms with Crippen molar-refractivity contribution >= 4 is 43.2 Å². The van der Waals surface area contributed by atoms with E-state index < -0.39 is 20.9 Å². The Labute approximate surface area is 120 Å². The first-order valence-electron chi connectivity index (χ1n) is 5.63. The van der Waals surface area contributed by atoms with Crippen LogP contribution < -0.4 is 0 Å². The number of carbonyl (C=O) groups excluding carboxylic acids is 1. The maximum atomic E-state index is 12.4. The zero-order valence-electron chi connectivity index (χ0n) is 9.53. The Bertz CT molecular complexity index is 563. The minimum Gasteiger partial charge on any atom is -0.293 e. The first-order chi connectivity index (χ1) is 8.43. The lowest BCUT2D eigenvalue weighted by Gasteiger charge is -2.21. The number of carbonyl (C=O) groups is 1. The van der Waals surface area contributed by atoms with E-state index >= 15 is 0 Å². The maximum Gasteiger partial charge on any atom is 0.183 e. The second kappa shape index (κ2) is 5.31. The van der Waals surface area contributed by atoms with Crippen molar-refractivity contribution in [2.45, 2.75) is 24.5 Å². The molecule has 0 N–H and O–H groups in total. The third-order valence-corrected chi connectivity index (χ3v) is 6.23. The highest BCUT2D eigenvalue weighted by Gasteiger charge is 2.36. The molecule has 98 valence electrons. The highest BCUT2D eigenvalue weighted by Crippen LogP contribution is 2.30. The van der Waals surface area contributed by atoms with Crippen molar-refractivity contribution in [2.24, 2.45) is 0 Å². The molecule has 0 spiro atoms. The number of halogens is 2. The molecule has 0 aliphatic carbocycles. The van der Waals surface area contributed by atoms with Crippen molar-refractivity contribution < 1.29 is 13.2 Å². The second-order valence-electron chi connectivity index (χ2n) is 4.31. The number of sulfone groups is 1. The van der Waals surface area contributed by atoms with Crippen molar-refractivity contribution in [3.63, 3.8) is 0 Å². The summed E-state index contributed by atoms with van der Waals surface area (Å²) in [6.07, 6.45) is 1.78. The van der Waals surface area contributed by atoms with Crippen molar-refractivity contribution in [3.8, 4) is 0 Å². The molecule has 3 nitrogen and oxygen atoms in total. The van der Waals surface area contributed by atoms with Crippen LogP contribution in [0.1, 0.15) is 29.6 Å². The molecule has 1 saturated heterocycles. The molecule has 1 heterocycles. The van der Waals surface area contributed by atoms with Gasteiger partial charge in [-0.1, -0.05) is 24.1 Å². The van der Waals surface area contributed by atoms with Crippen LogP contribution in [0.5, 0.6) is 0 Å². The van der Waals surface area contributed by atoms with Gasteiger partial charge in [-0.2, -0.15) is 0 Å². The Kier molecular flexibility index (Phi) is 4.14. The third-order valence-electron chi connectivity index (χ3n) is 3.08. The van der Waals surface area contributed by atoms with Gasteiger partial charge in [-0.25, -0.2) is 8.42 Å². The first kappa shape index (κ1) is 14.0. The lowest BCUT2D eigenvalue weighted by molar-refractivity contribution is 0.0981. The Morgan fingerprint density at radius 1 is 1.33 bits per heavy atom. The lowest BCUT2D eigenvalue weighted by atomic mass is 10.0. The van der Waals surface area contributed by atoms with Gasteiger partial charge >= 0.3 is 0 Å². The third kappa shape index (κ3) is 2.63. The summed E-state index contributed by atoms with van der Waals surface area (Å²) in [7, 11) is -3.33. The number of hydrogen-bond acceptors (Lipinski definition) is 3. The van der Waals surface area contributed by atoms with E-state index in [1.54, 1.807) is 18.2 Å². The van der Waals surface area contributed by atoms with Crippen LogP contribution in [-0.4, -0.2) is 25.2 Å². The predicted molar refractivity (Wildman–Crippen MR) is 74.9 cm³/mol. The van der Waals surface area contributed by atoms with E-state index in [1.807, 2.05) is 0 Å². The number of Topliss-reactive ketones (excluding diaryl/α,β-unsaturated/α-hetero) is 1. The summed E-state index contributed by atoms with van der Waals surface area (Å²) in [4.78, 5) is 12.4. The Morgan fingerprint density at radius 2 is 2.06 bits per heavy atom. The fourth-order valence-corrected chi connectivity index (χ4v) is 4.95. The van der Waals surface area contributed by atoms with Crippen LogP contribution >= 0.6 is 27.5 Å². The summed E-state index contributed by atoms with van der Waals surface area (Å²) in [5.41, 5.74) is 0.273. The highest BCUT2D eigenvalue weighted by molar-refractivity contribution is 9.10. The minimum atomic E-state index is -3.33. The summed E-state index contributed by atoms with van der Waals surface area (Å²) in [5.74, 6) is -0.307. The molecule has 6 heteroatoms. The van der Waals surface area contributed by atoms with Gasteiger partial charge in [-0.05, 0) is 40.9 Å². The van der Waals surface area contributed by atoms with Gasteiger partial charge in [0, 0.05) is 4.47 Å². The number of benzene rings is 1. The molecule has 2 rings (SSSR count). The molecule has 0 bridgehead atoms. The molecule has 1 unspecified atom stereocenters. The fraction of sp³-hybridized carbons (Fsp3) is 0.417. The van der Waals surface area contributed by atoms with Gasteiger partial charge in [0.25, 0.3) is 0 Å². The van der Waals surface area contributed by atoms with Crippen LogP contribution in [0.3, 0.4) is 0 Å². The van der Waals surface area contributed by atoms with Crippen molar-refractivity contribution in [2.75, 3.05) is 5.75 Å². The monoisotopic (exact) mass is 350 g/mol. The molecule has 1 aromatic carbocycles. The Balaban J connectivity index is 2.43. The molecule has 0 amide bonds. The van der Waals surface area contributed by atoms with E-state index in [1.165, 1.54) is 0 Å². The van der Waals surface area contributed by atoms with Crippen LogP contribution in [0.25, 0.3) is 0 Å². The average Bonchev–Trinajstić information content (AvgIpc) is 2.27. The van der Waals surface area contributed by atoms with Crippen molar-refractivity contribution in [1.82, 2.24) is 0 Å². The van der Waals surface area contributed by atoms with Crippen LogP contribution in [0, 0.1) is 0 Å². The fourth-order valence-electron chi connectivity index (χ4n) is 2.14. The van der Waals surface area contributed by atoms with E-state index in [2.05, 4.69) is 15.9 Å². The summed E-state index contributed by atoms with van der Waals surface area (Å²) in [6.45, 7) is 0. The number of ketones is 1. The van der Waals surface area contributed by atoms with Gasteiger partial charge in [0.2, 0.25) is 0 Å². The summed E-state index contributed by atoms with van der Waals surface area (Å²) in [6, 6.07) is 4.99. The van der Waals surface area contributed by atoms with E-state index in [4.69, 9.17) is 11.6 Å². The lowest BCUT2D eigenvalue weighted by Crippen LogP contribution is -2.35. The zero-order chi connectivity index (χ0) is 13.3. The maximum absolute atomic E-state index is 12.4. The molecular weight excluding hydrogens is 340 g/mol. The van der Waals surface area contributed by atoms with Gasteiger partial charge in [0.05, 0.1) is 16.3 Å². The van der Waals surface area contributed by atoms with Crippen LogP contribution in [-0.2, 0) is 9.84 Å². The molecule has 0 aromatic heterocycles. The quantitative estimate of drug-likeness (QED) is 0.769. The molecule has 1 aromatic rings. The molecule has 1 fully saturated rings. The van der Waals surface area contributed by atoms with Gasteiger partial charge in [0.1, 0.15) is 5.25 Å². The number of rotatable bonds is 2. The molecule has 0 saturated carbocycles. The molecule has 0 radical (unpaired) electrons. The molecule has 18 heavy (non-hydrogen) atoms. The predicted octanol–water partition coefficient (Wildman–Crippen LogP) is 3.25. The molecule has 1 aliphatic heterocycles. The molecule has 1 atom stereocenters. The van der Waals surface area contributed by atoms with E-state index in [-0.39, 0.29) is 16.3 Å². The summed E-state index contributed by atoms with van der Waals surface area (Å²) in [5, 5.41) is -0.655. The van der Waals surface area contributed by atoms with Gasteiger partial charge in [-0.15, -0.1) is 0 Å². The standard InChI is InChI=1S/C12H12BrClO3S/c13-8-4-3-5-9(14)11(8)12(15)10-6-1-2-7-18(10,16)17/h3-5,10H,1-2,6-7H2. The largest absolute Gasteiger partial charge is 0.293 e. The normalized spacial score (nSPS) is 22.7. The Morgan fingerprint density at radius 3 is 2.67 bits per heavy atom. The molecular formula is C12H12BrClO3S. The second-order valence-corrected chi connectivity index (χ2v) is 7.88. The van der Waals surface area contributed by atoms with Crippen LogP contribution in [0.15, 0.2) is 22.7 Å². The number of hydrogen-bond donors (Lipinski definition) is 0. The van der Waals surface area contributed by atoms with E-state index in [9.17, 15) is 13.2 Å². The van der Waals surface area contributed by atoms with Crippen LogP contribution in [0.4, 0.5) is 0 Å². The van der Waals surface area contributed by atoms with Gasteiger partial charge < -0.3 is 0 Å². The van der Waals surface area contributed by atoms with E-state index in [0.717, 1.165) is 6.42 Å². The average molecular weight is 352 g/mol. The Hall–Kier alpha value is -0.390. The van der Waals surface area contributed by atoms with E-state index in [0.29, 0.717) is 17.3 Å². The summed E-state index contributed by atoms with van der Waals surface area (Å²) >= 11 is 9.24. The topological polar surface area (TPSA) is 51.2 Å². The first-order valence-corrected chi connectivity index (χ1v) is 8.52. The highest BCUT2D eigenvalue weighted by atomic mass is 79.9. The van der Waals surface area contributed by atoms with Gasteiger partial charge in [-0.3, -0.25) is 4.79 Å². The summed E-state index contributed by atoms with van der Waals surface area (Å²) < 4.78 is 24.4. The van der Waals surface area contributed by atoms with Gasteiger partial charge in [0.15, 0.2) is 15.6 Å². The van der Waals surface area contributed by atoms with Crippen molar-refractivity contribution in [3.05, 3.63) is 33.3 Å². The SMILES string of the molecule is O=C(c1c(Cl)cccc1Br)C1CCCCS1(=O)=O. The van der Waals surface area contributed by atoms with Crippen molar-refractivity contribution in [1.29, 1.82) is 0 Å². The molecule has 1 aliphatic rings.